The number of aryl methyl sites for hydroxylation is 2. The van der Waals surface area contributed by atoms with E-state index in [1.165, 1.54) is 31.2 Å². The molecular weight excluding hydrogens is 240 g/mol. The number of nitrogens with zero attached hydrogens (tertiary/aromatic N) is 1. The molecule has 1 atom stereocenters. The smallest absolute Gasteiger partial charge is 0.157 e. The fraction of sp³-hybridized carbons (Fsp3) is 0.533. The van der Waals surface area contributed by atoms with Gasteiger partial charge in [0.25, 0.3) is 0 Å². The molecule has 3 rings (SSSR count). The first-order chi connectivity index (χ1) is 8.88. The summed E-state index contributed by atoms with van der Waals surface area (Å²) < 4.78 is 0. The van der Waals surface area contributed by atoms with E-state index in [1.807, 2.05) is 11.8 Å². The summed E-state index contributed by atoms with van der Waals surface area (Å²) in [6.07, 6.45) is 4.85. The molecule has 1 aromatic carbocycles. The first-order valence-corrected chi connectivity index (χ1v) is 7.91. The van der Waals surface area contributed by atoms with Crippen LogP contribution in [0.1, 0.15) is 42.5 Å². The van der Waals surface area contributed by atoms with Crippen LogP contribution in [-0.2, 0) is 12.8 Å². The third-order valence-electron chi connectivity index (χ3n) is 3.74. The van der Waals surface area contributed by atoms with E-state index >= 15 is 0 Å². The first-order valence-electron chi connectivity index (χ1n) is 6.93. The van der Waals surface area contributed by atoms with Crippen LogP contribution < -0.4 is 5.32 Å². The van der Waals surface area contributed by atoms with Gasteiger partial charge in [0.05, 0.1) is 12.6 Å². The summed E-state index contributed by atoms with van der Waals surface area (Å²) in [5, 5.41) is 4.80. The minimum absolute atomic E-state index is 0.493. The molecule has 0 fully saturated rings. The molecule has 1 unspecified atom stereocenters. The predicted molar refractivity (Wildman–Crippen MR) is 79.4 cm³/mol. The van der Waals surface area contributed by atoms with Crippen molar-refractivity contribution in [1.29, 1.82) is 0 Å². The molecular formula is C15H20N2S. The molecule has 0 saturated heterocycles. The van der Waals surface area contributed by atoms with E-state index in [0.717, 1.165) is 17.5 Å². The lowest BCUT2D eigenvalue weighted by atomic mass is 9.97. The molecule has 2 nitrogen and oxygen atoms in total. The Balaban J connectivity index is 1.84. The lowest BCUT2D eigenvalue weighted by Crippen LogP contribution is -2.24. The van der Waals surface area contributed by atoms with Crippen LogP contribution in [0.2, 0.25) is 0 Å². The van der Waals surface area contributed by atoms with E-state index in [9.17, 15) is 0 Å². The Morgan fingerprint density at radius 1 is 1.44 bits per heavy atom. The van der Waals surface area contributed by atoms with Gasteiger partial charge in [0.15, 0.2) is 5.17 Å². The van der Waals surface area contributed by atoms with Crippen molar-refractivity contribution >= 4 is 16.9 Å². The summed E-state index contributed by atoms with van der Waals surface area (Å²) in [6, 6.07) is 7.30. The highest BCUT2D eigenvalue weighted by Gasteiger charge is 2.26. The standard InChI is InChI=1S/C15H20N2S/c1-2-4-11-5-3-6-12-7-8-13(14(11)12)17-15-16-9-10-18-15/h3,5-6,13H,2,4,7-10H2,1H3,(H,16,17). The van der Waals surface area contributed by atoms with Gasteiger partial charge in [-0.25, -0.2) is 0 Å². The summed E-state index contributed by atoms with van der Waals surface area (Å²) in [5.74, 6) is 1.14. The minimum atomic E-state index is 0.493. The largest absolute Gasteiger partial charge is 0.358 e. The Labute approximate surface area is 113 Å². The van der Waals surface area contributed by atoms with Gasteiger partial charge in [-0.1, -0.05) is 43.3 Å². The molecule has 0 radical (unpaired) electrons. The maximum Gasteiger partial charge on any atom is 0.157 e. The number of benzene rings is 1. The third kappa shape index (κ3) is 2.28. The zero-order valence-electron chi connectivity index (χ0n) is 10.9. The molecule has 1 heterocycles. The summed E-state index contributed by atoms with van der Waals surface area (Å²) in [7, 11) is 0. The Kier molecular flexibility index (Phi) is 3.59. The van der Waals surface area contributed by atoms with Crippen molar-refractivity contribution in [3.8, 4) is 0 Å². The second-order valence-corrected chi connectivity index (χ2v) is 6.09. The molecule has 1 N–H and O–H groups in total. The molecule has 0 bridgehead atoms. The molecule has 0 amide bonds. The molecule has 96 valence electrons. The maximum absolute atomic E-state index is 4.52. The summed E-state index contributed by atoms with van der Waals surface area (Å²) in [6.45, 7) is 3.23. The molecule has 1 aliphatic heterocycles. The molecule has 0 spiro atoms. The number of hydrogen-bond donors (Lipinski definition) is 1. The number of thioether (sulfide) groups is 1. The Morgan fingerprint density at radius 3 is 3.17 bits per heavy atom. The maximum atomic E-state index is 4.52. The Hall–Kier alpha value is -0.960. The highest BCUT2D eigenvalue weighted by molar-refractivity contribution is 8.14. The van der Waals surface area contributed by atoms with Crippen LogP contribution in [0.4, 0.5) is 0 Å². The van der Waals surface area contributed by atoms with Crippen LogP contribution in [0.25, 0.3) is 0 Å². The lowest BCUT2D eigenvalue weighted by Gasteiger charge is -2.18. The van der Waals surface area contributed by atoms with E-state index in [2.05, 4.69) is 35.4 Å². The summed E-state index contributed by atoms with van der Waals surface area (Å²) in [4.78, 5) is 4.52. The topological polar surface area (TPSA) is 24.4 Å². The second-order valence-electron chi connectivity index (χ2n) is 5.01. The van der Waals surface area contributed by atoms with E-state index < -0.39 is 0 Å². The average molecular weight is 260 g/mol. The van der Waals surface area contributed by atoms with E-state index in [-0.39, 0.29) is 0 Å². The number of amidine groups is 1. The number of aliphatic imine (C=N–C) groups is 1. The van der Waals surface area contributed by atoms with Crippen LogP contribution in [0.3, 0.4) is 0 Å². The number of hydrogen-bond acceptors (Lipinski definition) is 3. The quantitative estimate of drug-likeness (QED) is 0.901. The summed E-state index contributed by atoms with van der Waals surface area (Å²) >= 11 is 1.86. The third-order valence-corrected chi connectivity index (χ3v) is 4.65. The zero-order chi connectivity index (χ0) is 12.4. The van der Waals surface area contributed by atoms with Crippen LogP contribution in [0.5, 0.6) is 0 Å². The molecule has 18 heavy (non-hydrogen) atoms. The highest BCUT2D eigenvalue weighted by Crippen LogP contribution is 2.35. The van der Waals surface area contributed by atoms with Gasteiger partial charge in [0.2, 0.25) is 0 Å². The van der Waals surface area contributed by atoms with Crippen molar-refractivity contribution in [2.75, 3.05) is 12.3 Å². The number of nitrogens with one attached hydrogen (secondary N) is 1. The van der Waals surface area contributed by atoms with Gasteiger partial charge >= 0.3 is 0 Å². The van der Waals surface area contributed by atoms with Crippen LogP contribution >= 0.6 is 11.8 Å². The van der Waals surface area contributed by atoms with Crippen molar-refractivity contribution in [2.24, 2.45) is 4.99 Å². The zero-order valence-corrected chi connectivity index (χ0v) is 11.7. The van der Waals surface area contributed by atoms with Crippen LogP contribution in [-0.4, -0.2) is 17.5 Å². The van der Waals surface area contributed by atoms with Gasteiger partial charge in [-0.05, 0) is 36.0 Å². The van der Waals surface area contributed by atoms with E-state index in [1.54, 1.807) is 11.1 Å². The Morgan fingerprint density at radius 2 is 2.39 bits per heavy atom. The molecule has 1 aromatic rings. The normalized spacial score (nSPS) is 21.8. The molecule has 2 aliphatic rings. The fourth-order valence-corrected chi connectivity index (χ4v) is 3.76. The van der Waals surface area contributed by atoms with Gasteiger partial charge in [-0.15, -0.1) is 0 Å². The van der Waals surface area contributed by atoms with Gasteiger partial charge in [0, 0.05) is 5.75 Å². The Bertz CT molecular complexity index is 468. The number of fused-ring (bicyclic) bond motifs is 1. The van der Waals surface area contributed by atoms with Crippen molar-refractivity contribution in [3.63, 3.8) is 0 Å². The first kappa shape index (κ1) is 12.1. The van der Waals surface area contributed by atoms with Gasteiger partial charge in [-0.2, -0.15) is 0 Å². The predicted octanol–water partition coefficient (Wildman–Crippen LogP) is 3.32. The number of rotatable bonds is 3. The lowest BCUT2D eigenvalue weighted by molar-refractivity contribution is 0.638. The SMILES string of the molecule is CCCc1cccc2c1C(NC1=NCCS1)CC2. The molecule has 0 saturated carbocycles. The van der Waals surface area contributed by atoms with Crippen molar-refractivity contribution in [3.05, 3.63) is 34.9 Å². The van der Waals surface area contributed by atoms with Gasteiger partial charge in [0.1, 0.15) is 0 Å². The van der Waals surface area contributed by atoms with Gasteiger partial charge < -0.3 is 5.32 Å². The van der Waals surface area contributed by atoms with E-state index in [4.69, 9.17) is 0 Å². The van der Waals surface area contributed by atoms with Crippen LogP contribution in [0.15, 0.2) is 23.2 Å². The van der Waals surface area contributed by atoms with Crippen molar-refractivity contribution < 1.29 is 0 Å². The average Bonchev–Trinajstić information content (AvgIpc) is 3.01. The molecule has 0 aromatic heterocycles. The summed E-state index contributed by atoms with van der Waals surface area (Å²) in [5.41, 5.74) is 4.64. The molecule has 3 heteroatoms. The van der Waals surface area contributed by atoms with Crippen molar-refractivity contribution in [1.82, 2.24) is 5.32 Å². The highest BCUT2D eigenvalue weighted by atomic mass is 32.2. The second kappa shape index (κ2) is 5.35. The minimum Gasteiger partial charge on any atom is -0.358 e. The molecule has 1 aliphatic carbocycles. The monoisotopic (exact) mass is 260 g/mol. The van der Waals surface area contributed by atoms with Gasteiger partial charge in [-0.3, -0.25) is 4.99 Å². The van der Waals surface area contributed by atoms with Crippen molar-refractivity contribution in [2.45, 2.75) is 38.6 Å². The fourth-order valence-electron chi connectivity index (χ4n) is 2.98. The van der Waals surface area contributed by atoms with E-state index in [0.29, 0.717) is 6.04 Å². The van der Waals surface area contributed by atoms with Crippen LogP contribution in [0, 0.1) is 0 Å².